The lowest BCUT2D eigenvalue weighted by molar-refractivity contribution is -0.140. The van der Waals surface area contributed by atoms with Crippen LogP contribution in [-0.4, -0.2) is 43.3 Å². The molecule has 0 heterocycles. The number of anilines is 1. The summed E-state index contributed by atoms with van der Waals surface area (Å²) >= 11 is 6.07. The van der Waals surface area contributed by atoms with Crippen LogP contribution in [0.1, 0.15) is 43.0 Å². The summed E-state index contributed by atoms with van der Waals surface area (Å²) in [6.45, 7) is 9.06. The van der Waals surface area contributed by atoms with Crippen molar-refractivity contribution in [2.75, 3.05) is 10.8 Å². The molecular weight excluding hydrogens is 606 g/mol. The number of rotatable bonds is 11. The van der Waals surface area contributed by atoms with Crippen molar-refractivity contribution in [2.24, 2.45) is 0 Å². The first-order valence-electron chi connectivity index (χ1n) is 14.8. The third kappa shape index (κ3) is 8.96. The van der Waals surface area contributed by atoms with E-state index in [1.807, 2.05) is 101 Å². The standard InChI is InChI=1S/C36H40ClN3O4S/c1-26-16-19-31(22-27(26)2)40(45(43,44)32-20-17-30(37)18-21-32)25-34(41)39(24-29-14-10-7-11-15-29)33(35(42)38-36(3,4)5)23-28-12-8-6-9-13-28/h6-22,33H,23-25H2,1-5H3,(H,38,42). The van der Waals surface area contributed by atoms with Crippen LogP contribution in [-0.2, 0) is 32.6 Å². The minimum atomic E-state index is -4.21. The van der Waals surface area contributed by atoms with Gasteiger partial charge in [-0.1, -0.05) is 78.3 Å². The molecule has 0 saturated heterocycles. The Hall–Kier alpha value is -4.14. The Labute approximate surface area is 271 Å². The molecule has 236 valence electrons. The molecule has 0 aliphatic heterocycles. The first kappa shape index (κ1) is 33.7. The van der Waals surface area contributed by atoms with E-state index in [4.69, 9.17) is 11.6 Å². The average molecular weight is 646 g/mol. The average Bonchev–Trinajstić information content (AvgIpc) is 2.99. The van der Waals surface area contributed by atoms with Crippen molar-refractivity contribution < 1.29 is 18.0 Å². The molecule has 0 aliphatic rings. The molecule has 0 radical (unpaired) electrons. The van der Waals surface area contributed by atoms with E-state index in [1.54, 1.807) is 12.1 Å². The van der Waals surface area contributed by atoms with Crippen LogP contribution >= 0.6 is 11.6 Å². The number of benzene rings is 4. The van der Waals surface area contributed by atoms with Gasteiger partial charge < -0.3 is 10.2 Å². The molecule has 4 aromatic carbocycles. The van der Waals surface area contributed by atoms with Gasteiger partial charge in [0.2, 0.25) is 11.8 Å². The molecule has 0 fully saturated rings. The monoisotopic (exact) mass is 645 g/mol. The largest absolute Gasteiger partial charge is 0.350 e. The molecule has 0 aromatic heterocycles. The van der Waals surface area contributed by atoms with Crippen LogP contribution < -0.4 is 9.62 Å². The van der Waals surface area contributed by atoms with Gasteiger partial charge in [-0.05, 0) is 93.3 Å². The summed E-state index contributed by atoms with van der Waals surface area (Å²) in [7, 11) is -4.21. The smallest absolute Gasteiger partial charge is 0.264 e. The maximum Gasteiger partial charge on any atom is 0.264 e. The van der Waals surface area contributed by atoms with Crippen LogP contribution in [0.4, 0.5) is 5.69 Å². The van der Waals surface area contributed by atoms with Gasteiger partial charge >= 0.3 is 0 Å². The number of nitrogens with one attached hydrogen (secondary N) is 1. The fraction of sp³-hybridized carbons (Fsp3) is 0.278. The number of carbonyl (C=O) groups is 2. The van der Waals surface area contributed by atoms with Crippen LogP contribution in [0.3, 0.4) is 0 Å². The van der Waals surface area contributed by atoms with E-state index in [9.17, 15) is 18.0 Å². The lowest BCUT2D eigenvalue weighted by Crippen LogP contribution is -2.56. The Balaban J connectivity index is 1.82. The molecule has 4 rings (SSSR count). The number of aryl methyl sites for hydroxylation is 2. The van der Waals surface area contributed by atoms with Crippen LogP contribution in [0.25, 0.3) is 0 Å². The molecule has 0 saturated carbocycles. The molecule has 0 bridgehead atoms. The van der Waals surface area contributed by atoms with E-state index in [0.29, 0.717) is 10.7 Å². The van der Waals surface area contributed by atoms with Crippen molar-refractivity contribution in [3.63, 3.8) is 0 Å². The quantitative estimate of drug-likeness (QED) is 0.197. The summed E-state index contributed by atoms with van der Waals surface area (Å²) in [5.41, 5.74) is 3.34. The van der Waals surface area contributed by atoms with E-state index in [0.717, 1.165) is 26.6 Å². The Morgan fingerprint density at radius 3 is 1.93 bits per heavy atom. The number of amides is 2. The molecule has 0 aliphatic carbocycles. The first-order valence-corrected chi connectivity index (χ1v) is 16.6. The van der Waals surface area contributed by atoms with Gasteiger partial charge in [0.15, 0.2) is 0 Å². The predicted molar refractivity (Wildman–Crippen MR) is 181 cm³/mol. The molecular formula is C36H40ClN3O4S. The molecule has 1 atom stereocenters. The minimum absolute atomic E-state index is 0.00107. The van der Waals surface area contributed by atoms with Gasteiger partial charge in [0.25, 0.3) is 10.0 Å². The highest BCUT2D eigenvalue weighted by atomic mass is 35.5. The highest BCUT2D eigenvalue weighted by molar-refractivity contribution is 7.92. The summed E-state index contributed by atoms with van der Waals surface area (Å²) in [5, 5.41) is 3.44. The number of hydrogen-bond donors (Lipinski definition) is 1. The van der Waals surface area contributed by atoms with E-state index in [-0.39, 0.29) is 23.8 Å². The Morgan fingerprint density at radius 1 is 0.800 bits per heavy atom. The van der Waals surface area contributed by atoms with E-state index in [1.165, 1.54) is 29.2 Å². The zero-order valence-electron chi connectivity index (χ0n) is 26.3. The van der Waals surface area contributed by atoms with Gasteiger partial charge in [-0.2, -0.15) is 0 Å². The lowest BCUT2D eigenvalue weighted by atomic mass is 10.0. The van der Waals surface area contributed by atoms with Gasteiger partial charge in [-0.25, -0.2) is 8.42 Å². The molecule has 2 amide bonds. The highest BCUT2D eigenvalue weighted by Crippen LogP contribution is 2.28. The number of halogens is 1. The maximum absolute atomic E-state index is 14.5. The zero-order valence-corrected chi connectivity index (χ0v) is 27.9. The fourth-order valence-electron chi connectivity index (χ4n) is 4.93. The maximum atomic E-state index is 14.5. The molecule has 7 nitrogen and oxygen atoms in total. The molecule has 4 aromatic rings. The summed E-state index contributed by atoms with van der Waals surface area (Å²) < 4.78 is 29.5. The van der Waals surface area contributed by atoms with Crippen molar-refractivity contribution in [1.29, 1.82) is 0 Å². The van der Waals surface area contributed by atoms with Crippen LogP contribution in [0, 0.1) is 13.8 Å². The van der Waals surface area contributed by atoms with Crippen LogP contribution in [0.15, 0.2) is 108 Å². The van der Waals surface area contributed by atoms with Crippen molar-refractivity contribution in [2.45, 2.75) is 64.1 Å². The van der Waals surface area contributed by atoms with Gasteiger partial charge in [-0.15, -0.1) is 0 Å². The molecule has 1 unspecified atom stereocenters. The van der Waals surface area contributed by atoms with E-state index < -0.39 is 34.1 Å². The van der Waals surface area contributed by atoms with Crippen molar-refractivity contribution in [3.8, 4) is 0 Å². The third-order valence-electron chi connectivity index (χ3n) is 7.42. The number of hydrogen-bond acceptors (Lipinski definition) is 4. The Bertz CT molecular complexity index is 1720. The summed E-state index contributed by atoms with van der Waals surface area (Å²) in [6, 6.07) is 29.1. The second-order valence-electron chi connectivity index (χ2n) is 12.2. The summed E-state index contributed by atoms with van der Waals surface area (Å²) in [5.74, 6) is -0.839. The van der Waals surface area contributed by atoms with Gasteiger partial charge in [0.1, 0.15) is 12.6 Å². The summed E-state index contributed by atoms with van der Waals surface area (Å²) in [4.78, 5) is 30.0. The van der Waals surface area contributed by atoms with Crippen molar-refractivity contribution >= 4 is 39.1 Å². The van der Waals surface area contributed by atoms with Crippen LogP contribution in [0.2, 0.25) is 5.02 Å². The Kier molecular flexibility index (Phi) is 10.7. The SMILES string of the molecule is Cc1ccc(N(CC(=O)N(Cc2ccccc2)C(Cc2ccccc2)C(=O)NC(C)(C)C)S(=O)(=O)c2ccc(Cl)cc2)cc1C. The van der Waals surface area contributed by atoms with E-state index in [2.05, 4.69) is 5.32 Å². The van der Waals surface area contributed by atoms with Crippen LogP contribution in [0.5, 0.6) is 0 Å². The highest BCUT2D eigenvalue weighted by Gasteiger charge is 2.35. The van der Waals surface area contributed by atoms with Crippen molar-refractivity contribution in [1.82, 2.24) is 10.2 Å². The minimum Gasteiger partial charge on any atom is -0.350 e. The number of carbonyl (C=O) groups excluding carboxylic acids is 2. The fourth-order valence-corrected chi connectivity index (χ4v) is 6.46. The lowest BCUT2D eigenvalue weighted by Gasteiger charge is -2.35. The molecule has 45 heavy (non-hydrogen) atoms. The number of nitrogens with zero attached hydrogens (tertiary/aromatic N) is 2. The topological polar surface area (TPSA) is 86.8 Å². The summed E-state index contributed by atoms with van der Waals surface area (Å²) in [6.07, 6.45) is 0.245. The van der Waals surface area contributed by atoms with Gasteiger partial charge in [-0.3, -0.25) is 13.9 Å². The molecule has 0 spiro atoms. The number of sulfonamides is 1. The second kappa shape index (κ2) is 14.3. The predicted octanol–water partition coefficient (Wildman–Crippen LogP) is 6.71. The van der Waals surface area contributed by atoms with Crippen molar-refractivity contribution in [3.05, 3.63) is 130 Å². The Morgan fingerprint density at radius 2 is 1.38 bits per heavy atom. The third-order valence-corrected chi connectivity index (χ3v) is 9.46. The zero-order chi connectivity index (χ0) is 32.8. The van der Waals surface area contributed by atoms with E-state index >= 15 is 0 Å². The molecule has 9 heteroatoms. The van der Waals surface area contributed by atoms with Gasteiger partial charge in [0.05, 0.1) is 10.6 Å². The second-order valence-corrected chi connectivity index (χ2v) is 14.5. The first-order chi connectivity index (χ1) is 21.2. The van der Waals surface area contributed by atoms with Gasteiger partial charge in [0, 0.05) is 23.5 Å². The normalized spacial score (nSPS) is 12.3. The molecule has 1 N–H and O–H groups in total.